The maximum absolute atomic E-state index is 12.5. The number of amides is 1. The van der Waals surface area contributed by atoms with Crippen molar-refractivity contribution in [2.24, 2.45) is 0 Å². The molecule has 1 heterocycles. The number of hydrogen-bond acceptors (Lipinski definition) is 2. The number of carbonyl (C=O) groups is 1. The van der Waals surface area contributed by atoms with Gasteiger partial charge in [0, 0.05) is 21.2 Å². The summed E-state index contributed by atoms with van der Waals surface area (Å²) in [7, 11) is 0. The number of rotatable bonds is 4. The van der Waals surface area contributed by atoms with Crippen molar-refractivity contribution >= 4 is 34.8 Å². The van der Waals surface area contributed by atoms with Gasteiger partial charge in [-0.05, 0) is 45.0 Å². The molecule has 4 nitrogen and oxygen atoms in total. The van der Waals surface area contributed by atoms with Crippen LogP contribution in [0.3, 0.4) is 0 Å². The van der Waals surface area contributed by atoms with E-state index in [0.717, 1.165) is 22.5 Å². The van der Waals surface area contributed by atoms with Gasteiger partial charge < -0.3 is 5.32 Å². The third-order valence-corrected chi connectivity index (χ3v) is 5.01. The minimum Gasteiger partial charge on any atom is -0.319 e. The molecule has 0 fully saturated rings. The van der Waals surface area contributed by atoms with Gasteiger partial charge in [0.2, 0.25) is 0 Å². The van der Waals surface area contributed by atoms with Gasteiger partial charge in [-0.3, -0.25) is 9.48 Å². The quantitative estimate of drug-likeness (QED) is 0.649. The van der Waals surface area contributed by atoms with Crippen molar-refractivity contribution in [3.63, 3.8) is 0 Å². The summed E-state index contributed by atoms with van der Waals surface area (Å²) in [6.45, 7) is 6.20. The van der Waals surface area contributed by atoms with Crippen LogP contribution >= 0.6 is 23.2 Å². The van der Waals surface area contributed by atoms with E-state index in [2.05, 4.69) is 10.4 Å². The standard InChI is InChI=1S/C20H19Cl2N3O/c1-12-7-9-15(10-8-12)20(26)23-19-13(2)24-25(14(19)3)11-16-17(21)5-4-6-18(16)22/h4-10H,11H2,1-3H3,(H,23,26). The normalized spacial score (nSPS) is 10.8. The average Bonchev–Trinajstić information content (AvgIpc) is 2.86. The number of aryl methyl sites for hydroxylation is 2. The number of benzene rings is 2. The lowest BCUT2D eigenvalue weighted by Crippen LogP contribution is -2.13. The zero-order valence-corrected chi connectivity index (χ0v) is 16.3. The predicted octanol–water partition coefficient (Wildman–Crippen LogP) is 5.42. The molecule has 0 aliphatic heterocycles. The Morgan fingerprint density at radius 1 is 1.04 bits per heavy atom. The van der Waals surface area contributed by atoms with Gasteiger partial charge in [-0.25, -0.2) is 0 Å². The largest absolute Gasteiger partial charge is 0.319 e. The van der Waals surface area contributed by atoms with Crippen molar-refractivity contribution in [3.8, 4) is 0 Å². The van der Waals surface area contributed by atoms with E-state index < -0.39 is 0 Å². The fourth-order valence-corrected chi connectivity index (χ4v) is 3.27. The molecule has 26 heavy (non-hydrogen) atoms. The molecule has 0 aliphatic rings. The second-order valence-electron chi connectivity index (χ2n) is 6.22. The first-order valence-electron chi connectivity index (χ1n) is 8.21. The highest BCUT2D eigenvalue weighted by Crippen LogP contribution is 2.27. The van der Waals surface area contributed by atoms with Crippen molar-refractivity contribution in [2.45, 2.75) is 27.3 Å². The van der Waals surface area contributed by atoms with Gasteiger partial charge >= 0.3 is 0 Å². The summed E-state index contributed by atoms with van der Waals surface area (Å²) in [5.74, 6) is -0.161. The molecular weight excluding hydrogens is 369 g/mol. The Morgan fingerprint density at radius 3 is 2.27 bits per heavy atom. The lowest BCUT2D eigenvalue weighted by molar-refractivity contribution is 0.102. The van der Waals surface area contributed by atoms with E-state index in [4.69, 9.17) is 23.2 Å². The van der Waals surface area contributed by atoms with Crippen LogP contribution in [-0.2, 0) is 6.54 Å². The Morgan fingerprint density at radius 2 is 1.65 bits per heavy atom. The summed E-state index contributed by atoms with van der Waals surface area (Å²) < 4.78 is 1.80. The molecule has 0 radical (unpaired) electrons. The van der Waals surface area contributed by atoms with Gasteiger partial charge in [-0.1, -0.05) is 47.0 Å². The van der Waals surface area contributed by atoms with Crippen molar-refractivity contribution in [3.05, 3.63) is 80.6 Å². The number of halogens is 2. The Kier molecular flexibility index (Phi) is 5.35. The maximum atomic E-state index is 12.5. The molecule has 3 aromatic rings. The highest BCUT2D eigenvalue weighted by atomic mass is 35.5. The lowest BCUT2D eigenvalue weighted by atomic mass is 10.1. The monoisotopic (exact) mass is 387 g/mol. The second kappa shape index (κ2) is 7.52. The third-order valence-electron chi connectivity index (χ3n) is 4.30. The molecule has 0 atom stereocenters. The zero-order valence-electron chi connectivity index (χ0n) is 14.8. The number of nitrogens with one attached hydrogen (secondary N) is 1. The van der Waals surface area contributed by atoms with E-state index in [0.29, 0.717) is 27.8 Å². The number of aromatic nitrogens is 2. The van der Waals surface area contributed by atoms with E-state index in [9.17, 15) is 4.79 Å². The minimum absolute atomic E-state index is 0.161. The van der Waals surface area contributed by atoms with Crippen molar-refractivity contribution in [1.82, 2.24) is 9.78 Å². The molecule has 134 valence electrons. The molecule has 0 aliphatic carbocycles. The zero-order chi connectivity index (χ0) is 18.8. The van der Waals surface area contributed by atoms with Crippen LogP contribution in [0, 0.1) is 20.8 Å². The van der Waals surface area contributed by atoms with Crippen molar-refractivity contribution < 1.29 is 4.79 Å². The number of hydrogen-bond donors (Lipinski definition) is 1. The molecule has 6 heteroatoms. The molecular formula is C20H19Cl2N3O. The maximum Gasteiger partial charge on any atom is 0.255 e. The van der Waals surface area contributed by atoms with Crippen LogP contribution in [-0.4, -0.2) is 15.7 Å². The summed E-state index contributed by atoms with van der Waals surface area (Å²) in [5.41, 5.74) is 4.82. The number of anilines is 1. The van der Waals surface area contributed by atoms with E-state index in [1.165, 1.54) is 0 Å². The van der Waals surface area contributed by atoms with E-state index in [1.54, 1.807) is 16.8 Å². The SMILES string of the molecule is Cc1ccc(C(=O)Nc2c(C)nn(Cc3c(Cl)cccc3Cl)c2C)cc1. The van der Waals surface area contributed by atoms with Crippen LogP contribution < -0.4 is 5.32 Å². The molecule has 1 N–H and O–H groups in total. The molecule has 0 saturated carbocycles. The molecule has 1 aromatic heterocycles. The average molecular weight is 388 g/mol. The lowest BCUT2D eigenvalue weighted by Gasteiger charge is -2.10. The van der Waals surface area contributed by atoms with Gasteiger partial charge in [0.25, 0.3) is 5.91 Å². The van der Waals surface area contributed by atoms with Crippen LogP contribution in [0.1, 0.15) is 32.9 Å². The Bertz CT molecular complexity index is 942. The van der Waals surface area contributed by atoms with Crippen LogP contribution in [0.4, 0.5) is 5.69 Å². The van der Waals surface area contributed by atoms with Crippen LogP contribution in [0.5, 0.6) is 0 Å². The molecule has 2 aromatic carbocycles. The molecule has 1 amide bonds. The summed E-state index contributed by atoms with van der Waals surface area (Å²) in [6, 6.07) is 12.9. The van der Waals surface area contributed by atoms with Gasteiger partial charge in [0.15, 0.2) is 0 Å². The molecule has 0 saturated heterocycles. The summed E-state index contributed by atoms with van der Waals surface area (Å²) in [6.07, 6.45) is 0. The van der Waals surface area contributed by atoms with Gasteiger partial charge in [-0.15, -0.1) is 0 Å². The molecule has 0 unspecified atom stereocenters. The minimum atomic E-state index is -0.161. The topological polar surface area (TPSA) is 46.9 Å². The van der Waals surface area contributed by atoms with Crippen molar-refractivity contribution in [1.29, 1.82) is 0 Å². The highest BCUT2D eigenvalue weighted by molar-refractivity contribution is 6.35. The summed E-state index contributed by atoms with van der Waals surface area (Å²) in [5, 5.41) is 8.68. The molecule has 3 rings (SSSR count). The number of nitrogens with zero attached hydrogens (tertiary/aromatic N) is 2. The first-order chi connectivity index (χ1) is 12.4. The van der Waals surface area contributed by atoms with E-state index in [1.807, 2.05) is 51.1 Å². The van der Waals surface area contributed by atoms with Crippen LogP contribution in [0.2, 0.25) is 10.0 Å². The molecule has 0 bridgehead atoms. The molecule has 0 spiro atoms. The predicted molar refractivity (Wildman–Crippen MR) is 106 cm³/mol. The van der Waals surface area contributed by atoms with Crippen molar-refractivity contribution in [2.75, 3.05) is 5.32 Å². The first kappa shape index (κ1) is 18.5. The summed E-state index contributed by atoms with van der Waals surface area (Å²) >= 11 is 12.5. The highest BCUT2D eigenvalue weighted by Gasteiger charge is 2.17. The van der Waals surface area contributed by atoms with E-state index in [-0.39, 0.29) is 5.91 Å². The van der Waals surface area contributed by atoms with Gasteiger partial charge in [-0.2, -0.15) is 5.10 Å². The van der Waals surface area contributed by atoms with Gasteiger partial charge in [0.1, 0.15) is 0 Å². The smallest absolute Gasteiger partial charge is 0.255 e. The van der Waals surface area contributed by atoms with Crippen LogP contribution in [0.25, 0.3) is 0 Å². The Hall–Kier alpha value is -2.30. The summed E-state index contributed by atoms with van der Waals surface area (Å²) in [4.78, 5) is 12.5. The second-order valence-corrected chi connectivity index (χ2v) is 7.04. The first-order valence-corrected chi connectivity index (χ1v) is 8.97. The van der Waals surface area contributed by atoms with Gasteiger partial charge in [0.05, 0.1) is 23.6 Å². The van der Waals surface area contributed by atoms with Crippen LogP contribution in [0.15, 0.2) is 42.5 Å². The Balaban J connectivity index is 1.86. The Labute approximate surface area is 162 Å². The fourth-order valence-electron chi connectivity index (χ4n) is 2.76. The fraction of sp³-hybridized carbons (Fsp3) is 0.200. The third kappa shape index (κ3) is 3.76. The van der Waals surface area contributed by atoms with E-state index >= 15 is 0 Å². The number of carbonyl (C=O) groups excluding carboxylic acids is 1.